The number of hydrogen-bond donors (Lipinski definition) is 2. The van der Waals surface area contributed by atoms with Crippen molar-refractivity contribution in [2.24, 2.45) is 0 Å². The van der Waals surface area contributed by atoms with Gasteiger partial charge in [-0.1, -0.05) is 17.7 Å². The molecule has 2 rings (SSSR count). The number of aryl methyl sites for hydroxylation is 1. The summed E-state index contributed by atoms with van der Waals surface area (Å²) < 4.78 is 5.63. The molecule has 1 heterocycles. The minimum atomic E-state index is -1.07. The van der Waals surface area contributed by atoms with E-state index < -0.39 is 12.0 Å². The van der Waals surface area contributed by atoms with Crippen molar-refractivity contribution in [1.29, 1.82) is 0 Å². The first-order valence-corrected chi connectivity index (χ1v) is 7.97. The van der Waals surface area contributed by atoms with E-state index in [0.717, 1.165) is 16.3 Å². The number of hydrogen-bond acceptors (Lipinski definition) is 5. The van der Waals surface area contributed by atoms with E-state index in [-0.39, 0.29) is 12.3 Å². The molecular weight excluding hydrogens is 316 g/mol. The molecule has 2 aromatic rings. The molecule has 1 amide bonds. The smallest absolute Gasteiger partial charge is 0.325 e. The number of carboxylic acids is 1. The second-order valence-corrected chi connectivity index (χ2v) is 6.08. The van der Waals surface area contributed by atoms with Crippen molar-refractivity contribution in [3.05, 3.63) is 45.9 Å². The quantitative estimate of drug-likeness (QED) is 0.810. The third-order valence-corrected chi connectivity index (χ3v) is 3.94. The predicted octanol–water partition coefficient (Wildman–Crippen LogP) is 2.16. The van der Waals surface area contributed by atoms with Crippen molar-refractivity contribution in [3.8, 4) is 5.75 Å². The lowest BCUT2D eigenvalue weighted by molar-refractivity contribution is -0.141. The van der Waals surface area contributed by atoms with Crippen molar-refractivity contribution in [2.45, 2.75) is 32.9 Å². The number of carbonyl (C=O) groups excluding carboxylic acids is 1. The molecule has 1 aromatic carbocycles. The fraction of sp³-hybridized carbons (Fsp3) is 0.312. The standard InChI is InChI=1S/C16H18N2O4S/c1-10-3-5-13(6-4-10)22-8-15-18-12(9-23-15)7-14(19)17-11(2)16(20)21/h3-6,9,11H,7-8H2,1-2H3,(H,17,19)(H,20,21). The molecule has 0 radical (unpaired) electrons. The Kier molecular flexibility index (Phi) is 5.70. The Morgan fingerprint density at radius 2 is 2.04 bits per heavy atom. The maximum atomic E-state index is 11.7. The molecule has 23 heavy (non-hydrogen) atoms. The van der Waals surface area contributed by atoms with E-state index in [0.29, 0.717) is 12.3 Å². The Morgan fingerprint density at radius 3 is 2.70 bits per heavy atom. The zero-order valence-electron chi connectivity index (χ0n) is 12.9. The van der Waals surface area contributed by atoms with Crippen LogP contribution < -0.4 is 10.1 Å². The average Bonchev–Trinajstić information content (AvgIpc) is 2.93. The molecule has 122 valence electrons. The van der Waals surface area contributed by atoms with Crippen LogP contribution in [0.4, 0.5) is 0 Å². The molecule has 0 aliphatic rings. The number of aliphatic carboxylic acids is 1. The molecule has 0 saturated heterocycles. The number of nitrogens with zero attached hydrogens (tertiary/aromatic N) is 1. The summed E-state index contributed by atoms with van der Waals surface area (Å²) in [5.41, 5.74) is 1.77. The summed E-state index contributed by atoms with van der Waals surface area (Å²) in [5.74, 6) is -0.666. The fourth-order valence-electron chi connectivity index (χ4n) is 1.79. The van der Waals surface area contributed by atoms with Gasteiger partial charge in [0.2, 0.25) is 5.91 Å². The van der Waals surface area contributed by atoms with Gasteiger partial charge in [0, 0.05) is 5.38 Å². The molecular formula is C16H18N2O4S. The molecule has 0 saturated carbocycles. The molecule has 1 atom stereocenters. The summed E-state index contributed by atoms with van der Waals surface area (Å²) in [4.78, 5) is 26.7. The Bertz CT molecular complexity index is 682. The highest BCUT2D eigenvalue weighted by molar-refractivity contribution is 7.09. The van der Waals surface area contributed by atoms with Crippen LogP contribution in [0.3, 0.4) is 0 Å². The Hall–Kier alpha value is -2.41. The highest BCUT2D eigenvalue weighted by Crippen LogP contribution is 2.16. The van der Waals surface area contributed by atoms with E-state index in [1.165, 1.54) is 18.3 Å². The molecule has 2 N–H and O–H groups in total. The summed E-state index contributed by atoms with van der Waals surface area (Å²) in [6.45, 7) is 3.76. The maximum Gasteiger partial charge on any atom is 0.325 e. The number of benzene rings is 1. The van der Waals surface area contributed by atoms with Gasteiger partial charge in [0.15, 0.2) is 0 Å². The predicted molar refractivity (Wildman–Crippen MR) is 86.6 cm³/mol. The topological polar surface area (TPSA) is 88.5 Å². The van der Waals surface area contributed by atoms with E-state index in [1.807, 2.05) is 31.2 Å². The molecule has 1 aromatic heterocycles. The largest absolute Gasteiger partial charge is 0.486 e. The van der Waals surface area contributed by atoms with Gasteiger partial charge in [0.1, 0.15) is 23.4 Å². The maximum absolute atomic E-state index is 11.7. The normalized spacial score (nSPS) is 11.7. The van der Waals surface area contributed by atoms with Crippen LogP contribution >= 0.6 is 11.3 Å². The van der Waals surface area contributed by atoms with Crippen molar-refractivity contribution < 1.29 is 19.4 Å². The third-order valence-electron chi connectivity index (χ3n) is 3.07. The first-order chi connectivity index (χ1) is 10.9. The van der Waals surface area contributed by atoms with Crippen LogP contribution in [-0.4, -0.2) is 28.0 Å². The minimum absolute atomic E-state index is 0.0542. The molecule has 0 bridgehead atoms. The third kappa shape index (κ3) is 5.37. The molecule has 7 heteroatoms. The molecule has 1 unspecified atom stereocenters. The molecule has 6 nitrogen and oxygen atoms in total. The van der Waals surface area contributed by atoms with Crippen LogP contribution in [0.2, 0.25) is 0 Å². The van der Waals surface area contributed by atoms with Crippen LogP contribution in [0.25, 0.3) is 0 Å². The van der Waals surface area contributed by atoms with Crippen molar-refractivity contribution in [2.75, 3.05) is 0 Å². The van der Waals surface area contributed by atoms with E-state index in [2.05, 4.69) is 10.3 Å². The van der Waals surface area contributed by atoms with Gasteiger partial charge in [0.25, 0.3) is 0 Å². The molecule has 0 aliphatic carbocycles. The lowest BCUT2D eigenvalue weighted by Crippen LogP contribution is -2.39. The zero-order valence-corrected chi connectivity index (χ0v) is 13.7. The second kappa shape index (κ2) is 7.73. The van der Waals surface area contributed by atoms with E-state index in [1.54, 1.807) is 5.38 Å². The van der Waals surface area contributed by atoms with Gasteiger partial charge < -0.3 is 15.2 Å². The van der Waals surface area contributed by atoms with Gasteiger partial charge in [0.05, 0.1) is 12.1 Å². The number of aromatic nitrogens is 1. The van der Waals surface area contributed by atoms with Crippen LogP contribution in [0.1, 0.15) is 23.2 Å². The summed E-state index contributed by atoms with van der Waals surface area (Å²) in [6, 6.07) is 6.81. The Balaban J connectivity index is 1.84. The Morgan fingerprint density at radius 1 is 1.35 bits per heavy atom. The van der Waals surface area contributed by atoms with Crippen molar-refractivity contribution >= 4 is 23.2 Å². The van der Waals surface area contributed by atoms with E-state index >= 15 is 0 Å². The summed E-state index contributed by atoms with van der Waals surface area (Å²) in [6.07, 6.45) is 0.0542. The number of ether oxygens (including phenoxy) is 1. The van der Waals surface area contributed by atoms with Gasteiger partial charge >= 0.3 is 5.97 Å². The van der Waals surface area contributed by atoms with Gasteiger partial charge in [-0.15, -0.1) is 11.3 Å². The number of carbonyl (C=O) groups is 2. The molecule has 0 aliphatic heterocycles. The lowest BCUT2D eigenvalue weighted by Gasteiger charge is -2.07. The monoisotopic (exact) mass is 334 g/mol. The van der Waals surface area contributed by atoms with Crippen LogP contribution in [0, 0.1) is 6.92 Å². The average molecular weight is 334 g/mol. The first kappa shape index (κ1) is 17.0. The van der Waals surface area contributed by atoms with E-state index in [9.17, 15) is 9.59 Å². The van der Waals surface area contributed by atoms with Crippen molar-refractivity contribution in [3.63, 3.8) is 0 Å². The van der Waals surface area contributed by atoms with Gasteiger partial charge in [-0.05, 0) is 26.0 Å². The van der Waals surface area contributed by atoms with Gasteiger partial charge in [-0.2, -0.15) is 0 Å². The van der Waals surface area contributed by atoms with Crippen LogP contribution in [0.5, 0.6) is 5.75 Å². The number of rotatable bonds is 7. The highest BCUT2D eigenvalue weighted by Gasteiger charge is 2.15. The molecule has 0 fully saturated rings. The van der Waals surface area contributed by atoms with Crippen molar-refractivity contribution in [1.82, 2.24) is 10.3 Å². The van der Waals surface area contributed by atoms with Gasteiger partial charge in [-0.25, -0.2) is 4.98 Å². The second-order valence-electron chi connectivity index (χ2n) is 5.14. The van der Waals surface area contributed by atoms with Crippen LogP contribution in [-0.2, 0) is 22.6 Å². The van der Waals surface area contributed by atoms with E-state index in [4.69, 9.17) is 9.84 Å². The molecule has 0 spiro atoms. The van der Waals surface area contributed by atoms with Crippen LogP contribution in [0.15, 0.2) is 29.6 Å². The van der Waals surface area contributed by atoms with Gasteiger partial charge in [-0.3, -0.25) is 9.59 Å². The lowest BCUT2D eigenvalue weighted by atomic mass is 10.2. The fourth-order valence-corrected chi connectivity index (χ4v) is 2.50. The Labute approximate surface area is 138 Å². The number of thiazole rings is 1. The highest BCUT2D eigenvalue weighted by atomic mass is 32.1. The number of carboxylic acid groups (broad SMARTS) is 1. The number of nitrogens with one attached hydrogen (secondary N) is 1. The summed E-state index contributed by atoms with van der Waals surface area (Å²) in [7, 11) is 0. The number of amides is 1. The summed E-state index contributed by atoms with van der Waals surface area (Å²) in [5, 5.41) is 13.7. The minimum Gasteiger partial charge on any atom is -0.486 e. The first-order valence-electron chi connectivity index (χ1n) is 7.09. The SMILES string of the molecule is Cc1ccc(OCc2nc(CC(=O)NC(C)C(=O)O)cs2)cc1. The zero-order chi connectivity index (χ0) is 16.8. The summed E-state index contributed by atoms with van der Waals surface area (Å²) >= 11 is 1.41.